The topological polar surface area (TPSA) is 93.9 Å². The van der Waals surface area contributed by atoms with Gasteiger partial charge in [-0.1, -0.05) is 11.6 Å². The zero-order valence-electron chi connectivity index (χ0n) is 18.4. The predicted octanol–water partition coefficient (Wildman–Crippen LogP) is 5.10. The molecule has 0 amide bonds. The van der Waals surface area contributed by atoms with Crippen LogP contribution in [0, 0.1) is 0 Å². The molecule has 1 aliphatic heterocycles. The summed E-state index contributed by atoms with van der Waals surface area (Å²) < 4.78 is 7.97. The molecule has 0 atom stereocenters. The molecule has 9 nitrogen and oxygen atoms in total. The van der Waals surface area contributed by atoms with E-state index in [0.717, 1.165) is 42.7 Å². The van der Waals surface area contributed by atoms with Crippen molar-refractivity contribution in [3.8, 4) is 11.5 Å². The third-order valence-electron chi connectivity index (χ3n) is 5.87. The standard InChI is InChI=1S/C24H21ClN8O/c1-32-14-29-18-11-16(5-6-20(18)32)34-21-7-4-15(10-17(21)25)30-23-22-19(27-13-28-23)12-26-24(31-22)33-8-2-3-9-33/h4-7,10-14H,2-3,8-9H2,1H3,(H,27,28,30). The van der Waals surface area contributed by atoms with Gasteiger partial charge in [0.15, 0.2) is 5.82 Å². The van der Waals surface area contributed by atoms with Crippen LogP contribution < -0.4 is 15.0 Å². The first kappa shape index (κ1) is 20.6. The molecule has 170 valence electrons. The molecular weight excluding hydrogens is 452 g/mol. The van der Waals surface area contributed by atoms with Gasteiger partial charge in [-0.05, 0) is 43.2 Å². The van der Waals surface area contributed by atoms with Crippen molar-refractivity contribution in [3.63, 3.8) is 0 Å². The van der Waals surface area contributed by atoms with E-state index in [1.54, 1.807) is 18.6 Å². The van der Waals surface area contributed by atoms with Crippen molar-refractivity contribution in [1.82, 2.24) is 29.5 Å². The van der Waals surface area contributed by atoms with Crippen molar-refractivity contribution < 1.29 is 4.74 Å². The van der Waals surface area contributed by atoms with Gasteiger partial charge in [-0.25, -0.2) is 24.9 Å². The lowest BCUT2D eigenvalue weighted by Gasteiger charge is -2.16. The van der Waals surface area contributed by atoms with Crippen molar-refractivity contribution >= 4 is 51.1 Å². The smallest absolute Gasteiger partial charge is 0.226 e. The number of nitrogens with one attached hydrogen (secondary N) is 1. The van der Waals surface area contributed by atoms with Crippen LogP contribution in [0.15, 0.2) is 55.2 Å². The second-order valence-electron chi connectivity index (χ2n) is 8.20. The number of hydrogen-bond acceptors (Lipinski definition) is 8. The fraction of sp³-hybridized carbons (Fsp3) is 0.208. The Morgan fingerprint density at radius 1 is 0.971 bits per heavy atom. The lowest BCUT2D eigenvalue weighted by atomic mass is 10.2. The van der Waals surface area contributed by atoms with E-state index in [4.69, 9.17) is 21.3 Å². The Balaban J connectivity index is 1.26. The summed E-state index contributed by atoms with van der Waals surface area (Å²) in [5.41, 5.74) is 4.00. The zero-order valence-corrected chi connectivity index (χ0v) is 19.2. The number of anilines is 3. The van der Waals surface area contributed by atoms with Crippen molar-refractivity contribution in [2.24, 2.45) is 7.05 Å². The molecule has 2 aromatic carbocycles. The maximum atomic E-state index is 6.55. The van der Waals surface area contributed by atoms with Crippen LogP contribution in [0.4, 0.5) is 17.5 Å². The first-order valence-corrected chi connectivity index (χ1v) is 11.4. The molecule has 10 heteroatoms. The van der Waals surface area contributed by atoms with Gasteiger partial charge in [-0.2, -0.15) is 0 Å². The number of aryl methyl sites for hydroxylation is 1. The minimum atomic E-state index is 0.469. The predicted molar refractivity (Wildman–Crippen MR) is 132 cm³/mol. The molecule has 1 saturated heterocycles. The molecule has 0 spiro atoms. The van der Waals surface area contributed by atoms with Crippen LogP contribution in [-0.4, -0.2) is 42.6 Å². The van der Waals surface area contributed by atoms with E-state index >= 15 is 0 Å². The molecule has 0 bridgehead atoms. The summed E-state index contributed by atoms with van der Waals surface area (Å²) >= 11 is 6.55. The molecule has 1 fully saturated rings. The maximum Gasteiger partial charge on any atom is 0.226 e. The highest BCUT2D eigenvalue weighted by atomic mass is 35.5. The van der Waals surface area contributed by atoms with Crippen LogP contribution in [0.5, 0.6) is 11.5 Å². The normalized spacial score (nSPS) is 13.6. The summed E-state index contributed by atoms with van der Waals surface area (Å²) in [5.74, 6) is 2.52. The monoisotopic (exact) mass is 472 g/mol. The van der Waals surface area contributed by atoms with Gasteiger partial charge < -0.3 is 19.5 Å². The van der Waals surface area contributed by atoms with Crippen LogP contribution >= 0.6 is 11.6 Å². The second kappa shape index (κ2) is 8.42. The van der Waals surface area contributed by atoms with Crippen LogP contribution in [0.1, 0.15) is 12.8 Å². The van der Waals surface area contributed by atoms with E-state index < -0.39 is 0 Å². The van der Waals surface area contributed by atoms with Gasteiger partial charge in [0.2, 0.25) is 5.95 Å². The number of nitrogens with zero attached hydrogens (tertiary/aromatic N) is 7. The first-order chi connectivity index (χ1) is 16.6. The Kier molecular flexibility index (Phi) is 5.10. The summed E-state index contributed by atoms with van der Waals surface area (Å²) in [6, 6.07) is 11.3. The Labute approximate surface area is 200 Å². The number of halogens is 1. The van der Waals surface area contributed by atoms with Gasteiger partial charge in [0, 0.05) is 31.9 Å². The van der Waals surface area contributed by atoms with Crippen molar-refractivity contribution in [3.05, 3.63) is 60.3 Å². The number of aromatic nitrogens is 6. The van der Waals surface area contributed by atoms with Crippen molar-refractivity contribution in [2.75, 3.05) is 23.3 Å². The second-order valence-corrected chi connectivity index (χ2v) is 8.61. The minimum absolute atomic E-state index is 0.469. The molecule has 3 aromatic heterocycles. The summed E-state index contributed by atoms with van der Waals surface area (Å²) in [7, 11) is 1.96. The molecule has 4 heterocycles. The molecule has 6 rings (SSSR count). The molecule has 0 aliphatic carbocycles. The van der Waals surface area contributed by atoms with Crippen molar-refractivity contribution in [1.29, 1.82) is 0 Å². The summed E-state index contributed by atoms with van der Waals surface area (Å²) in [6.07, 6.45) is 7.32. The number of benzene rings is 2. The molecule has 1 N–H and O–H groups in total. The SMILES string of the molecule is Cn1cnc2cc(Oc3ccc(Nc4ncnc5cnc(N6CCCC6)nc45)cc3Cl)ccc21. The van der Waals surface area contributed by atoms with E-state index in [1.165, 1.54) is 6.33 Å². The molecule has 0 unspecified atom stereocenters. The van der Waals surface area contributed by atoms with Crippen LogP contribution in [0.2, 0.25) is 5.02 Å². The largest absolute Gasteiger partial charge is 0.456 e. The average Bonchev–Trinajstić information content (AvgIpc) is 3.51. The number of fused-ring (bicyclic) bond motifs is 2. The lowest BCUT2D eigenvalue weighted by Crippen LogP contribution is -2.20. The number of hydrogen-bond donors (Lipinski definition) is 1. The van der Waals surface area contributed by atoms with Gasteiger partial charge in [-0.15, -0.1) is 0 Å². The fourth-order valence-electron chi connectivity index (χ4n) is 4.11. The highest BCUT2D eigenvalue weighted by Gasteiger charge is 2.17. The Morgan fingerprint density at radius 3 is 2.71 bits per heavy atom. The summed E-state index contributed by atoms with van der Waals surface area (Å²) in [4.78, 5) is 24.5. The highest BCUT2D eigenvalue weighted by molar-refractivity contribution is 6.32. The third kappa shape index (κ3) is 3.84. The van der Waals surface area contributed by atoms with E-state index in [2.05, 4.69) is 30.2 Å². The maximum absolute atomic E-state index is 6.55. The highest BCUT2D eigenvalue weighted by Crippen LogP contribution is 2.34. The van der Waals surface area contributed by atoms with Crippen molar-refractivity contribution in [2.45, 2.75) is 12.8 Å². The van der Waals surface area contributed by atoms with Gasteiger partial charge in [0.05, 0.1) is 28.6 Å². The summed E-state index contributed by atoms with van der Waals surface area (Å²) in [6.45, 7) is 1.93. The first-order valence-electron chi connectivity index (χ1n) is 11.0. The Hall–Kier alpha value is -3.98. The Morgan fingerprint density at radius 2 is 1.85 bits per heavy atom. The van der Waals surface area contributed by atoms with E-state index in [0.29, 0.717) is 39.3 Å². The lowest BCUT2D eigenvalue weighted by molar-refractivity contribution is 0.483. The number of ether oxygens (including phenoxy) is 1. The molecule has 0 radical (unpaired) electrons. The van der Waals surface area contributed by atoms with Gasteiger partial charge in [0.1, 0.15) is 28.9 Å². The summed E-state index contributed by atoms with van der Waals surface area (Å²) in [5, 5.41) is 3.78. The van der Waals surface area contributed by atoms with Gasteiger partial charge >= 0.3 is 0 Å². The molecule has 1 aliphatic rings. The molecule has 34 heavy (non-hydrogen) atoms. The number of imidazole rings is 1. The molecular formula is C24H21ClN8O. The number of rotatable bonds is 5. The minimum Gasteiger partial charge on any atom is -0.456 e. The zero-order chi connectivity index (χ0) is 23.1. The van der Waals surface area contributed by atoms with E-state index in [-0.39, 0.29) is 0 Å². The van der Waals surface area contributed by atoms with Crippen LogP contribution in [0.3, 0.4) is 0 Å². The van der Waals surface area contributed by atoms with Gasteiger partial charge in [-0.3, -0.25) is 0 Å². The van der Waals surface area contributed by atoms with Gasteiger partial charge in [0.25, 0.3) is 0 Å². The Bertz CT molecular complexity index is 1510. The van der Waals surface area contributed by atoms with E-state index in [9.17, 15) is 0 Å². The quantitative estimate of drug-likeness (QED) is 0.377. The van der Waals surface area contributed by atoms with Crippen LogP contribution in [-0.2, 0) is 7.05 Å². The van der Waals surface area contributed by atoms with Crippen LogP contribution in [0.25, 0.3) is 22.1 Å². The fourth-order valence-corrected chi connectivity index (χ4v) is 4.33. The van der Waals surface area contributed by atoms with E-state index in [1.807, 2.05) is 41.9 Å². The third-order valence-corrected chi connectivity index (χ3v) is 6.17. The molecule has 5 aromatic rings. The molecule has 0 saturated carbocycles. The average molecular weight is 473 g/mol.